The molecule has 32 heavy (non-hydrogen) atoms. The molecule has 1 aliphatic heterocycles. The van der Waals surface area contributed by atoms with Gasteiger partial charge >= 0.3 is 0 Å². The maximum atomic E-state index is 13.6. The summed E-state index contributed by atoms with van der Waals surface area (Å²) in [6.07, 6.45) is 6.77. The molecule has 0 spiro atoms. The molecule has 0 bridgehead atoms. The Morgan fingerprint density at radius 3 is 2.56 bits per heavy atom. The van der Waals surface area contributed by atoms with Crippen molar-refractivity contribution in [1.82, 2.24) is 19.9 Å². The van der Waals surface area contributed by atoms with Crippen molar-refractivity contribution in [2.45, 2.75) is 31.9 Å². The molecule has 0 unspecified atom stereocenters. The molecule has 1 fully saturated rings. The first-order valence-electron chi connectivity index (χ1n) is 10.9. The van der Waals surface area contributed by atoms with E-state index in [0.29, 0.717) is 23.8 Å². The van der Waals surface area contributed by atoms with Crippen molar-refractivity contribution in [3.05, 3.63) is 84.8 Å². The van der Waals surface area contributed by atoms with Crippen LogP contribution in [0.25, 0.3) is 22.2 Å². The molecule has 5 rings (SSSR count). The number of hydrogen-bond donors (Lipinski definition) is 0. The third-order valence-corrected chi connectivity index (χ3v) is 5.98. The summed E-state index contributed by atoms with van der Waals surface area (Å²) in [5, 5.41) is 2.07. The number of hydrogen-bond acceptors (Lipinski definition) is 5. The lowest BCUT2D eigenvalue weighted by atomic mass is 9.98. The van der Waals surface area contributed by atoms with E-state index in [-0.39, 0.29) is 18.1 Å². The van der Waals surface area contributed by atoms with Gasteiger partial charge in [0.1, 0.15) is 6.10 Å². The molecule has 1 amide bonds. The average molecular weight is 425 g/mol. The van der Waals surface area contributed by atoms with Crippen molar-refractivity contribution in [1.29, 1.82) is 0 Å². The molecule has 0 N–H and O–H groups in total. The number of likely N-dealkylation sites (tertiary alicyclic amines) is 1. The SMILES string of the molecule is C[C@H]1CC[C@H](Oc2nccc3ccccc23)CN1C(=O)c1ccccc1-c1ncccn1. The summed E-state index contributed by atoms with van der Waals surface area (Å²) in [6.45, 7) is 2.60. The van der Waals surface area contributed by atoms with Gasteiger partial charge in [-0.3, -0.25) is 4.79 Å². The quantitative estimate of drug-likeness (QED) is 0.472. The monoisotopic (exact) mass is 424 g/mol. The van der Waals surface area contributed by atoms with Crippen LogP contribution in [-0.2, 0) is 0 Å². The molecular formula is C26H24N4O2. The van der Waals surface area contributed by atoms with Crippen LogP contribution in [0.2, 0.25) is 0 Å². The Balaban J connectivity index is 1.40. The lowest BCUT2D eigenvalue weighted by Crippen LogP contribution is -2.49. The summed E-state index contributed by atoms with van der Waals surface area (Å²) in [6, 6.07) is 19.4. The highest BCUT2D eigenvalue weighted by atomic mass is 16.5. The van der Waals surface area contributed by atoms with Crippen LogP contribution in [0.5, 0.6) is 5.88 Å². The van der Waals surface area contributed by atoms with Crippen LogP contribution in [-0.4, -0.2) is 44.4 Å². The molecule has 1 saturated heterocycles. The van der Waals surface area contributed by atoms with Gasteiger partial charge in [0, 0.05) is 35.6 Å². The highest BCUT2D eigenvalue weighted by molar-refractivity contribution is 6.00. The fourth-order valence-electron chi connectivity index (χ4n) is 4.25. The van der Waals surface area contributed by atoms with Crippen LogP contribution in [0.4, 0.5) is 0 Å². The number of nitrogens with zero attached hydrogens (tertiary/aromatic N) is 4. The number of amides is 1. The third-order valence-electron chi connectivity index (χ3n) is 5.98. The highest BCUT2D eigenvalue weighted by Crippen LogP contribution is 2.29. The number of piperidine rings is 1. The summed E-state index contributed by atoms with van der Waals surface area (Å²) >= 11 is 0. The van der Waals surface area contributed by atoms with Gasteiger partial charge in [0.2, 0.25) is 5.88 Å². The van der Waals surface area contributed by atoms with E-state index in [0.717, 1.165) is 29.2 Å². The maximum absolute atomic E-state index is 13.6. The Bertz CT molecular complexity index is 1240. The standard InChI is InChI=1S/C26H24N4O2/c1-18-11-12-20(32-25-21-8-3-2-7-19(21)13-16-29-25)17-30(18)26(31)23-10-5-4-9-22(23)24-27-14-6-15-28-24/h2-10,13-16,18,20H,11-12,17H2,1H3/t18-,20-/m0/s1. The van der Waals surface area contributed by atoms with Crippen molar-refractivity contribution in [2.24, 2.45) is 0 Å². The van der Waals surface area contributed by atoms with Gasteiger partial charge in [-0.15, -0.1) is 0 Å². The van der Waals surface area contributed by atoms with Crippen LogP contribution in [0.1, 0.15) is 30.1 Å². The Kier molecular flexibility index (Phi) is 5.50. The van der Waals surface area contributed by atoms with Gasteiger partial charge in [0.15, 0.2) is 5.82 Å². The second kappa shape index (κ2) is 8.75. The fourth-order valence-corrected chi connectivity index (χ4v) is 4.25. The first-order chi connectivity index (χ1) is 15.7. The number of carbonyl (C=O) groups is 1. The van der Waals surface area contributed by atoms with Crippen molar-refractivity contribution in [3.63, 3.8) is 0 Å². The summed E-state index contributed by atoms with van der Waals surface area (Å²) in [4.78, 5) is 28.7. The number of aromatic nitrogens is 3. The number of ether oxygens (including phenoxy) is 1. The topological polar surface area (TPSA) is 68.2 Å². The van der Waals surface area contributed by atoms with Gasteiger partial charge in [-0.25, -0.2) is 15.0 Å². The first kappa shape index (κ1) is 20.1. The normalized spacial score (nSPS) is 18.5. The molecular weight excluding hydrogens is 400 g/mol. The largest absolute Gasteiger partial charge is 0.472 e. The molecule has 160 valence electrons. The van der Waals surface area contributed by atoms with E-state index >= 15 is 0 Å². The van der Waals surface area contributed by atoms with Gasteiger partial charge in [0.05, 0.1) is 12.1 Å². The zero-order valence-electron chi connectivity index (χ0n) is 17.9. The Morgan fingerprint density at radius 2 is 1.69 bits per heavy atom. The lowest BCUT2D eigenvalue weighted by Gasteiger charge is -2.38. The van der Waals surface area contributed by atoms with E-state index in [9.17, 15) is 4.79 Å². The van der Waals surface area contributed by atoms with E-state index in [1.54, 1.807) is 24.7 Å². The van der Waals surface area contributed by atoms with E-state index in [4.69, 9.17) is 4.74 Å². The maximum Gasteiger partial charge on any atom is 0.254 e. The molecule has 2 aromatic carbocycles. The van der Waals surface area contributed by atoms with E-state index < -0.39 is 0 Å². The Hall–Kier alpha value is -3.80. The van der Waals surface area contributed by atoms with Gasteiger partial charge in [-0.2, -0.15) is 0 Å². The molecule has 2 atom stereocenters. The zero-order chi connectivity index (χ0) is 21.9. The van der Waals surface area contributed by atoms with E-state index in [2.05, 4.69) is 21.9 Å². The average Bonchev–Trinajstić information content (AvgIpc) is 2.85. The van der Waals surface area contributed by atoms with Crippen LogP contribution in [0.3, 0.4) is 0 Å². The molecule has 6 heteroatoms. The number of carbonyl (C=O) groups excluding carboxylic acids is 1. The van der Waals surface area contributed by atoms with Crippen LogP contribution < -0.4 is 4.74 Å². The predicted octanol–water partition coefficient (Wildman–Crippen LogP) is 4.76. The minimum absolute atomic E-state index is 0.0280. The number of fused-ring (bicyclic) bond motifs is 1. The van der Waals surface area contributed by atoms with Gasteiger partial charge in [0.25, 0.3) is 5.91 Å². The number of rotatable bonds is 4. The molecule has 0 radical (unpaired) electrons. The number of benzene rings is 2. The highest BCUT2D eigenvalue weighted by Gasteiger charge is 2.32. The Labute approximate surface area is 186 Å². The minimum atomic E-state index is -0.117. The van der Waals surface area contributed by atoms with Crippen molar-refractivity contribution in [3.8, 4) is 17.3 Å². The van der Waals surface area contributed by atoms with Gasteiger partial charge in [-0.1, -0.05) is 36.4 Å². The van der Waals surface area contributed by atoms with Crippen LogP contribution >= 0.6 is 0 Å². The summed E-state index contributed by atoms with van der Waals surface area (Å²) in [5.41, 5.74) is 1.35. The smallest absolute Gasteiger partial charge is 0.254 e. The predicted molar refractivity (Wildman–Crippen MR) is 123 cm³/mol. The molecule has 3 heterocycles. The lowest BCUT2D eigenvalue weighted by molar-refractivity contribution is 0.0378. The molecule has 1 aliphatic rings. The second-order valence-corrected chi connectivity index (χ2v) is 8.08. The Morgan fingerprint density at radius 1 is 0.906 bits per heavy atom. The molecule has 0 aliphatic carbocycles. The van der Waals surface area contributed by atoms with Gasteiger partial charge < -0.3 is 9.64 Å². The van der Waals surface area contributed by atoms with Crippen LogP contribution in [0, 0.1) is 0 Å². The second-order valence-electron chi connectivity index (χ2n) is 8.08. The van der Waals surface area contributed by atoms with Crippen LogP contribution in [0.15, 0.2) is 79.3 Å². The van der Waals surface area contributed by atoms with E-state index in [1.807, 2.05) is 59.5 Å². The summed E-state index contributed by atoms with van der Waals surface area (Å²) < 4.78 is 6.32. The molecule has 4 aromatic rings. The molecule has 6 nitrogen and oxygen atoms in total. The third kappa shape index (κ3) is 3.91. The number of pyridine rings is 1. The molecule has 2 aromatic heterocycles. The summed E-state index contributed by atoms with van der Waals surface area (Å²) in [5.74, 6) is 1.14. The minimum Gasteiger partial charge on any atom is -0.472 e. The van der Waals surface area contributed by atoms with Crippen molar-refractivity contribution >= 4 is 16.7 Å². The fraction of sp³-hybridized carbons (Fsp3) is 0.231. The van der Waals surface area contributed by atoms with Crippen molar-refractivity contribution in [2.75, 3.05) is 6.54 Å². The zero-order valence-corrected chi connectivity index (χ0v) is 17.9. The van der Waals surface area contributed by atoms with Crippen molar-refractivity contribution < 1.29 is 9.53 Å². The summed E-state index contributed by atoms with van der Waals surface area (Å²) in [7, 11) is 0. The van der Waals surface area contributed by atoms with Gasteiger partial charge in [-0.05, 0) is 49.4 Å². The van der Waals surface area contributed by atoms with E-state index in [1.165, 1.54) is 0 Å². The molecule has 0 saturated carbocycles. The first-order valence-corrected chi connectivity index (χ1v) is 10.9.